The van der Waals surface area contributed by atoms with Crippen LogP contribution in [0.4, 0.5) is 10.1 Å². The van der Waals surface area contributed by atoms with Crippen molar-refractivity contribution in [3.05, 3.63) is 131 Å². The standard InChI is InChI=1S/C34H35ClFN3O4S/c1-2-3-22-37-34(41)32(23-26-10-6-4-7-11-26)38(24-27-14-18-29(36)19-15-27)33(40)25-39(30-12-8-5-9-13-30)44(42,43)31-20-16-28(35)17-21-31/h4-21,32H,2-3,22-25H2,1H3,(H,37,41)/t32-/m1/s1. The zero-order chi connectivity index (χ0) is 31.5. The summed E-state index contributed by atoms with van der Waals surface area (Å²) in [7, 11) is -4.22. The Labute approximate surface area is 263 Å². The number of hydrogen-bond acceptors (Lipinski definition) is 4. The third kappa shape index (κ3) is 8.67. The average Bonchev–Trinajstić information content (AvgIpc) is 3.03. The molecular formula is C34H35ClFN3O4S. The number of benzene rings is 4. The Morgan fingerprint density at radius 1 is 0.841 bits per heavy atom. The van der Waals surface area contributed by atoms with Crippen LogP contribution in [0.3, 0.4) is 0 Å². The molecule has 0 spiro atoms. The summed E-state index contributed by atoms with van der Waals surface area (Å²) < 4.78 is 42.7. The van der Waals surface area contributed by atoms with Gasteiger partial charge in [-0.1, -0.05) is 85.6 Å². The molecule has 230 valence electrons. The number of carbonyl (C=O) groups is 2. The van der Waals surface area contributed by atoms with Crippen molar-refractivity contribution in [1.82, 2.24) is 10.2 Å². The Morgan fingerprint density at radius 2 is 1.45 bits per heavy atom. The maximum atomic E-state index is 14.3. The smallest absolute Gasteiger partial charge is 0.264 e. The number of anilines is 1. The molecule has 0 unspecified atom stereocenters. The molecule has 4 aromatic rings. The van der Waals surface area contributed by atoms with Gasteiger partial charge in [0, 0.05) is 24.5 Å². The van der Waals surface area contributed by atoms with Gasteiger partial charge in [-0.25, -0.2) is 12.8 Å². The van der Waals surface area contributed by atoms with Crippen LogP contribution in [-0.4, -0.2) is 44.3 Å². The SMILES string of the molecule is CCCCNC(=O)[C@@H](Cc1ccccc1)N(Cc1ccc(F)cc1)C(=O)CN(c1ccccc1)S(=O)(=O)c1ccc(Cl)cc1. The second kappa shape index (κ2) is 15.5. The Hall–Kier alpha value is -4.21. The number of hydrogen-bond donors (Lipinski definition) is 1. The molecule has 44 heavy (non-hydrogen) atoms. The molecule has 4 aromatic carbocycles. The number of nitrogens with one attached hydrogen (secondary N) is 1. The molecule has 0 aliphatic heterocycles. The fourth-order valence-electron chi connectivity index (χ4n) is 4.70. The quantitative estimate of drug-likeness (QED) is 0.166. The van der Waals surface area contributed by atoms with Gasteiger partial charge in [-0.2, -0.15) is 0 Å². The van der Waals surface area contributed by atoms with E-state index in [0.717, 1.165) is 22.7 Å². The first-order valence-corrected chi connectivity index (χ1v) is 16.2. The molecule has 0 heterocycles. The molecule has 0 fully saturated rings. The van der Waals surface area contributed by atoms with E-state index in [9.17, 15) is 22.4 Å². The zero-order valence-corrected chi connectivity index (χ0v) is 26.0. The Morgan fingerprint density at radius 3 is 2.07 bits per heavy atom. The highest BCUT2D eigenvalue weighted by molar-refractivity contribution is 7.92. The number of halogens is 2. The molecule has 1 N–H and O–H groups in total. The minimum Gasteiger partial charge on any atom is -0.354 e. The summed E-state index contributed by atoms with van der Waals surface area (Å²) in [5.74, 6) is -1.39. The van der Waals surface area contributed by atoms with Gasteiger partial charge in [0.2, 0.25) is 11.8 Å². The van der Waals surface area contributed by atoms with Crippen molar-refractivity contribution >= 4 is 39.1 Å². The molecular weight excluding hydrogens is 601 g/mol. The van der Waals surface area contributed by atoms with Crippen LogP contribution in [-0.2, 0) is 32.6 Å². The largest absolute Gasteiger partial charge is 0.354 e. The van der Waals surface area contributed by atoms with Crippen LogP contribution < -0.4 is 9.62 Å². The van der Waals surface area contributed by atoms with Crippen LogP contribution in [0.25, 0.3) is 0 Å². The van der Waals surface area contributed by atoms with Gasteiger partial charge < -0.3 is 10.2 Å². The van der Waals surface area contributed by atoms with E-state index in [4.69, 9.17) is 11.6 Å². The average molecular weight is 636 g/mol. The summed E-state index contributed by atoms with van der Waals surface area (Å²) in [6.45, 7) is 1.82. The first-order valence-electron chi connectivity index (χ1n) is 14.4. The molecule has 4 rings (SSSR count). The van der Waals surface area contributed by atoms with Crippen LogP contribution in [0.1, 0.15) is 30.9 Å². The van der Waals surface area contributed by atoms with Crippen molar-refractivity contribution in [2.24, 2.45) is 0 Å². The Bertz CT molecular complexity index is 1620. The summed E-state index contributed by atoms with van der Waals surface area (Å²) >= 11 is 6.02. The second-order valence-electron chi connectivity index (χ2n) is 10.3. The molecule has 7 nitrogen and oxygen atoms in total. The van der Waals surface area contributed by atoms with E-state index in [-0.39, 0.29) is 29.5 Å². The summed E-state index contributed by atoms with van der Waals surface area (Å²) in [6, 6.07) is 28.0. The normalized spacial score (nSPS) is 11.9. The van der Waals surface area contributed by atoms with Crippen LogP contribution in [0.2, 0.25) is 5.02 Å². The molecule has 0 saturated carbocycles. The lowest BCUT2D eigenvalue weighted by Crippen LogP contribution is -2.53. The van der Waals surface area contributed by atoms with Crippen molar-refractivity contribution in [3.63, 3.8) is 0 Å². The van der Waals surface area contributed by atoms with Crippen molar-refractivity contribution < 1.29 is 22.4 Å². The van der Waals surface area contributed by atoms with Gasteiger partial charge in [0.15, 0.2) is 0 Å². The molecule has 0 aromatic heterocycles. The van der Waals surface area contributed by atoms with Gasteiger partial charge in [0.1, 0.15) is 18.4 Å². The molecule has 10 heteroatoms. The van der Waals surface area contributed by atoms with Crippen molar-refractivity contribution in [2.75, 3.05) is 17.4 Å². The predicted octanol–water partition coefficient (Wildman–Crippen LogP) is 6.23. The lowest BCUT2D eigenvalue weighted by molar-refractivity contribution is -0.140. The fraction of sp³-hybridized carbons (Fsp3) is 0.235. The fourth-order valence-corrected chi connectivity index (χ4v) is 6.24. The van der Waals surface area contributed by atoms with Crippen molar-refractivity contribution in [2.45, 2.75) is 43.7 Å². The summed E-state index contributed by atoms with van der Waals surface area (Å²) in [6.07, 6.45) is 1.83. The van der Waals surface area contributed by atoms with Gasteiger partial charge in [-0.15, -0.1) is 0 Å². The number of sulfonamides is 1. The molecule has 0 aliphatic carbocycles. The highest BCUT2D eigenvalue weighted by atomic mass is 35.5. The lowest BCUT2D eigenvalue weighted by Gasteiger charge is -2.34. The number of para-hydroxylation sites is 1. The Kier molecular flexibility index (Phi) is 11.5. The Balaban J connectivity index is 1.76. The number of carbonyl (C=O) groups excluding carboxylic acids is 2. The summed E-state index contributed by atoms with van der Waals surface area (Å²) in [4.78, 5) is 29.4. The van der Waals surface area contributed by atoms with E-state index in [1.807, 2.05) is 37.3 Å². The number of unbranched alkanes of at least 4 members (excludes halogenated alkanes) is 1. The maximum absolute atomic E-state index is 14.3. The third-order valence-electron chi connectivity index (χ3n) is 7.09. The highest BCUT2D eigenvalue weighted by Crippen LogP contribution is 2.26. The van der Waals surface area contributed by atoms with Crippen molar-refractivity contribution in [1.29, 1.82) is 0 Å². The predicted molar refractivity (Wildman–Crippen MR) is 171 cm³/mol. The van der Waals surface area contributed by atoms with Crippen LogP contribution in [0, 0.1) is 5.82 Å². The van der Waals surface area contributed by atoms with Crippen LogP contribution >= 0.6 is 11.6 Å². The van der Waals surface area contributed by atoms with Crippen LogP contribution in [0.15, 0.2) is 114 Å². The topological polar surface area (TPSA) is 86.8 Å². The van der Waals surface area contributed by atoms with E-state index in [0.29, 0.717) is 17.1 Å². The summed E-state index contributed by atoms with van der Waals surface area (Å²) in [5, 5.41) is 3.31. The molecule has 0 bridgehead atoms. The van der Waals surface area contributed by atoms with E-state index in [1.54, 1.807) is 42.5 Å². The molecule has 0 aliphatic rings. The second-order valence-corrected chi connectivity index (χ2v) is 12.6. The van der Waals surface area contributed by atoms with E-state index in [2.05, 4.69) is 5.32 Å². The van der Waals surface area contributed by atoms with E-state index >= 15 is 0 Å². The lowest BCUT2D eigenvalue weighted by atomic mass is 10.0. The van der Waals surface area contributed by atoms with E-state index in [1.165, 1.54) is 41.3 Å². The maximum Gasteiger partial charge on any atom is 0.264 e. The monoisotopic (exact) mass is 635 g/mol. The molecule has 1 atom stereocenters. The number of rotatable bonds is 14. The van der Waals surface area contributed by atoms with Crippen LogP contribution in [0.5, 0.6) is 0 Å². The number of nitrogens with zero attached hydrogens (tertiary/aromatic N) is 2. The molecule has 0 radical (unpaired) electrons. The van der Waals surface area contributed by atoms with E-state index < -0.39 is 34.3 Å². The number of amides is 2. The van der Waals surface area contributed by atoms with Gasteiger partial charge in [-0.3, -0.25) is 13.9 Å². The first kappa shape index (κ1) is 32.7. The third-order valence-corrected chi connectivity index (χ3v) is 9.13. The molecule has 2 amide bonds. The van der Waals surface area contributed by atoms with Gasteiger partial charge in [0.05, 0.1) is 10.6 Å². The highest BCUT2D eigenvalue weighted by Gasteiger charge is 2.34. The van der Waals surface area contributed by atoms with Gasteiger partial charge in [0.25, 0.3) is 10.0 Å². The minimum absolute atomic E-state index is 0.0400. The van der Waals surface area contributed by atoms with Crippen molar-refractivity contribution in [3.8, 4) is 0 Å². The van der Waals surface area contributed by atoms with Gasteiger partial charge in [-0.05, 0) is 66.1 Å². The summed E-state index contributed by atoms with van der Waals surface area (Å²) in [5.41, 5.74) is 1.70. The first-order chi connectivity index (χ1) is 21.2. The zero-order valence-electron chi connectivity index (χ0n) is 24.4. The van der Waals surface area contributed by atoms with Gasteiger partial charge >= 0.3 is 0 Å². The molecule has 0 saturated heterocycles. The minimum atomic E-state index is -4.22.